The molecule has 0 radical (unpaired) electrons. The molecule has 0 spiro atoms. The van der Waals surface area contributed by atoms with Crippen molar-refractivity contribution in [1.82, 2.24) is 0 Å². The van der Waals surface area contributed by atoms with Gasteiger partial charge in [0.25, 0.3) is 0 Å². The maximum absolute atomic E-state index is 12.7. The first kappa shape index (κ1) is 34.9. The molecular weight excluding hydrogens is 548 g/mol. The van der Waals surface area contributed by atoms with Crippen LogP contribution >= 0.6 is 0 Å². The van der Waals surface area contributed by atoms with E-state index >= 15 is 0 Å². The van der Waals surface area contributed by atoms with Gasteiger partial charge in [-0.15, -0.1) is 0 Å². The Balaban J connectivity index is 1.41. The van der Waals surface area contributed by atoms with Crippen molar-refractivity contribution in [2.45, 2.75) is 111 Å². The van der Waals surface area contributed by atoms with Gasteiger partial charge in [-0.25, -0.2) is 9.59 Å². The molecule has 0 N–H and O–H groups in total. The fourth-order valence-corrected chi connectivity index (χ4v) is 5.33. The normalized spacial score (nSPS) is 12.4. The van der Waals surface area contributed by atoms with Gasteiger partial charge in [0.15, 0.2) is 0 Å². The monoisotopic (exact) mass is 600 g/mol. The van der Waals surface area contributed by atoms with Gasteiger partial charge in [-0.1, -0.05) is 109 Å². The van der Waals surface area contributed by atoms with Gasteiger partial charge in [0.2, 0.25) is 0 Å². The molecular formula is C39H52O5. The van der Waals surface area contributed by atoms with Crippen molar-refractivity contribution in [3.8, 4) is 22.6 Å². The van der Waals surface area contributed by atoms with Crippen LogP contribution in [0.25, 0.3) is 11.1 Å². The number of benzene rings is 3. The van der Waals surface area contributed by atoms with E-state index in [2.05, 4.69) is 20.8 Å². The van der Waals surface area contributed by atoms with Crippen LogP contribution in [0.1, 0.15) is 125 Å². The predicted octanol–water partition coefficient (Wildman–Crippen LogP) is 10.9. The fraction of sp³-hybridized carbons (Fsp3) is 0.487. The minimum atomic E-state index is -0.478. The standard InChI is InChI=1S/C39H52O5/c1-5-7-9-10-11-12-13-14-28-42-36-24-20-32(21-25-36)33-22-26-37(27-23-33)44-39(41)35-18-16-34(17-19-35)38(40)43-31(4)29-30(3)15-8-6-2/h16-27,30-31H,5-15,28-29H2,1-4H3/t30-,31-/m1/s1. The fourth-order valence-electron chi connectivity index (χ4n) is 5.33. The summed E-state index contributed by atoms with van der Waals surface area (Å²) in [5, 5.41) is 0. The maximum atomic E-state index is 12.7. The molecule has 0 amide bonds. The molecule has 0 bridgehead atoms. The Bertz CT molecular complexity index is 1230. The first-order valence-corrected chi connectivity index (χ1v) is 16.8. The molecule has 3 aromatic rings. The van der Waals surface area contributed by atoms with Gasteiger partial charge in [-0.3, -0.25) is 0 Å². The van der Waals surface area contributed by atoms with E-state index < -0.39 is 5.97 Å². The second kappa shape index (κ2) is 19.6. The summed E-state index contributed by atoms with van der Waals surface area (Å²) in [6, 6.07) is 21.9. The molecule has 238 valence electrons. The molecule has 0 fully saturated rings. The minimum absolute atomic E-state index is 0.155. The maximum Gasteiger partial charge on any atom is 0.343 e. The molecule has 0 saturated heterocycles. The number of carbonyl (C=O) groups is 2. The van der Waals surface area contributed by atoms with Crippen LogP contribution in [0.3, 0.4) is 0 Å². The quantitative estimate of drug-likeness (QED) is 0.0733. The molecule has 0 saturated carbocycles. The number of hydrogen-bond acceptors (Lipinski definition) is 5. The molecule has 0 aliphatic carbocycles. The smallest absolute Gasteiger partial charge is 0.343 e. The van der Waals surface area contributed by atoms with Crippen molar-refractivity contribution < 1.29 is 23.8 Å². The Labute approximate surface area is 265 Å². The van der Waals surface area contributed by atoms with E-state index in [1.54, 1.807) is 36.4 Å². The second-order valence-corrected chi connectivity index (χ2v) is 12.0. The molecule has 44 heavy (non-hydrogen) atoms. The van der Waals surface area contributed by atoms with Crippen LogP contribution in [0.2, 0.25) is 0 Å². The molecule has 0 unspecified atom stereocenters. The summed E-state index contributed by atoms with van der Waals surface area (Å²) < 4.78 is 17.1. The summed E-state index contributed by atoms with van der Waals surface area (Å²) in [6.07, 6.45) is 14.5. The number of hydrogen-bond donors (Lipinski definition) is 0. The van der Waals surface area contributed by atoms with Crippen LogP contribution in [-0.2, 0) is 4.74 Å². The zero-order valence-electron chi connectivity index (χ0n) is 27.3. The van der Waals surface area contributed by atoms with Crippen molar-refractivity contribution in [1.29, 1.82) is 0 Å². The van der Waals surface area contributed by atoms with E-state index in [0.717, 1.165) is 42.7 Å². The van der Waals surface area contributed by atoms with Gasteiger partial charge in [0.05, 0.1) is 23.8 Å². The Morgan fingerprint density at radius 2 is 1.09 bits per heavy atom. The van der Waals surface area contributed by atoms with E-state index in [9.17, 15) is 9.59 Å². The largest absolute Gasteiger partial charge is 0.494 e. The molecule has 0 aliphatic heterocycles. The molecule has 2 atom stereocenters. The average molecular weight is 601 g/mol. The lowest BCUT2D eigenvalue weighted by Crippen LogP contribution is -2.18. The van der Waals surface area contributed by atoms with Gasteiger partial charge < -0.3 is 14.2 Å². The lowest BCUT2D eigenvalue weighted by atomic mass is 9.98. The summed E-state index contributed by atoms with van der Waals surface area (Å²) >= 11 is 0. The van der Waals surface area contributed by atoms with E-state index in [4.69, 9.17) is 14.2 Å². The zero-order valence-corrected chi connectivity index (χ0v) is 27.3. The second-order valence-electron chi connectivity index (χ2n) is 12.0. The third kappa shape index (κ3) is 12.6. The lowest BCUT2D eigenvalue weighted by molar-refractivity contribution is 0.0290. The highest BCUT2D eigenvalue weighted by Crippen LogP contribution is 2.25. The number of ether oxygens (including phenoxy) is 3. The van der Waals surface area contributed by atoms with Gasteiger partial charge >= 0.3 is 11.9 Å². The van der Waals surface area contributed by atoms with Gasteiger partial charge in [0, 0.05) is 0 Å². The van der Waals surface area contributed by atoms with Crippen molar-refractivity contribution in [3.05, 3.63) is 83.9 Å². The van der Waals surface area contributed by atoms with E-state index in [-0.39, 0.29) is 12.1 Å². The SMILES string of the molecule is CCCCCCCCCCOc1ccc(-c2ccc(OC(=O)c3ccc(C(=O)O[C@H](C)C[C@H](C)CCCC)cc3)cc2)cc1. The predicted molar refractivity (Wildman–Crippen MR) is 180 cm³/mol. The van der Waals surface area contributed by atoms with E-state index in [1.165, 1.54) is 57.8 Å². The van der Waals surface area contributed by atoms with Crippen LogP contribution in [0.15, 0.2) is 72.8 Å². The molecule has 3 aromatic carbocycles. The summed E-state index contributed by atoms with van der Waals surface area (Å²) in [4.78, 5) is 25.3. The average Bonchev–Trinajstić information content (AvgIpc) is 3.03. The number of carbonyl (C=O) groups excluding carboxylic acids is 2. The van der Waals surface area contributed by atoms with Crippen molar-refractivity contribution in [2.24, 2.45) is 5.92 Å². The van der Waals surface area contributed by atoms with Crippen LogP contribution in [0.4, 0.5) is 0 Å². The molecule has 3 rings (SSSR count). The Kier molecular flexibility index (Phi) is 15.6. The third-order valence-electron chi connectivity index (χ3n) is 7.97. The van der Waals surface area contributed by atoms with E-state index in [0.29, 0.717) is 22.8 Å². The van der Waals surface area contributed by atoms with Crippen LogP contribution in [0, 0.1) is 5.92 Å². The Morgan fingerprint density at radius 1 is 0.591 bits per heavy atom. The Morgan fingerprint density at radius 3 is 1.66 bits per heavy atom. The van der Waals surface area contributed by atoms with Gasteiger partial charge in [-0.2, -0.15) is 0 Å². The highest BCUT2D eigenvalue weighted by atomic mass is 16.5. The minimum Gasteiger partial charge on any atom is -0.494 e. The van der Waals surface area contributed by atoms with Crippen molar-refractivity contribution in [3.63, 3.8) is 0 Å². The zero-order chi connectivity index (χ0) is 31.6. The molecule has 0 aromatic heterocycles. The first-order valence-electron chi connectivity index (χ1n) is 16.8. The Hall–Kier alpha value is -3.60. The molecule has 5 heteroatoms. The van der Waals surface area contributed by atoms with Crippen molar-refractivity contribution >= 4 is 11.9 Å². The van der Waals surface area contributed by atoms with Gasteiger partial charge in [-0.05, 0) is 85.3 Å². The highest BCUT2D eigenvalue weighted by Gasteiger charge is 2.16. The number of rotatable bonds is 20. The number of esters is 2. The first-order chi connectivity index (χ1) is 21.4. The molecule has 0 heterocycles. The lowest BCUT2D eigenvalue weighted by Gasteiger charge is -2.18. The van der Waals surface area contributed by atoms with E-state index in [1.807, 2.05) is 43.3 Å². The summed E-state index contributed by atoms with van der Waals surface area (Å²) in [5.41, 5.74) is 2.88. The summed E-state index contributed by atoms with van der Waals surface area (Å²) in [6.45, 7) is 9.31. The summed E-state index contributed by atoms with van der Waals surface area (Å²) in [5.74, 6) is 0.998. The van der Waals surface area contributed by atoms with Crippen LogP contribution < -0.4 is 9.47 Å². The molecule has 0 aliphatic rings. The van der Waals surface area contributed by atoms with Crippen LogP contribution in [0.5, 0.6) is 11.5 Å². The van der Waals surface area contributed by atoms with Gasteiger partial charge in [0.1, 0.15) is 11.5 Å². The third-order valence-corrected chi connectivity index (χ3v) is 7.97. The summed E-state index contributed by atoms with van der Waals surface area (Å²) in [7, 11) is 0. The van der Waals surface area contributed by atoms with Crippen molar-refractivity contribution in [2.75, 3.05) is 6.61 Å². The molecule has 5 nitrogen and oxygen atoms in total. The number of unbranched alkanes of at least 4 members (excludes halogenated alkanes) is 8. The topological polar surface area (TPSA) is 61.8 Å². The highest BCUT2D eigenvalue weighted by molar-refractivity contribution is 5.94. The van der Waals surface area contributed by atoms with Crippen LogP contribution in [-0.4, -0.2) is 24.6 Å².